The number of hydrogen-bond acceptors (Lipinski definition) is 20. The molecule has 0 aliphatic heterocycles. The maximum absolute atomic E-state index is 8.58. The summed E-state index contributed by atoms with van der Waals surface area (Å²) in [5, 5.41) is 127. The molecule has 28 N–H and O–H groups in total. The van der Waals surface area contributed by atoms with Crippen molar-refractivity contribution in [3.8, 4) is 0 Å². The standard InChI is InChI=1S/4C2H7NO4.O4Si/c4*3-1(4)2(5,6)7;1-5(2,3)4/h4*1,4-7H,3H2;/q;;;;-4/p+4. The highest BCUT2D eigenvalue weighted by molar-refractivity contribution is 6.38. The predicted molar refractivity (Wildman–Crippen MR) is 78.9 cm³/mol. The summed E-state index contributed by atoms with van der Waals surface area (Å²) in [7, 11) is -5.61. The predicted octanol–water partition coefficient (Wildman–Crippen LogP) is -20.4. The first-order valence-corrected chi connectivity index (χ1v) is 8.95. The second kappa shape index (κ2) is 16.8. The van der Waals surface area contributed by atoms with E-state index in [1.54, 1.807) is 0 Å². The number of aliphatic hydroxyl groups excluding tert-OH is 4. The smallest absolute Gasteiger partial charge is 0.359 e. The van der Waals surface area contributed by atoms with Gasteiger partial charge in [0, 0.05) is 0 Å². The molecule has 0 saturated carbocycles. The normalized spacial score (nSPS) is 16.0. The topological polar surface area (TPSA) is 526 Å². The molecular weight excluding hydrogens is 500 g/mol. The van der Waals surface area contributed by atoms with Gasteiger partial charge < -0.3 is 133 Å². The lowest BCUT2D eigenvalue weighted by atomic mass is 10.5. The first kappa shape index (κ1) is 42.4. The van der Waals surface area contributed by atoms with E-state index >= 15 is 0 Å². The zero-order chi connectivity index (χ0) is 28.8. The van der Waals surface area contributed by atoms with E-state index in [9.17, 15) is 0 Å². The first-order chi connectivity index (χ1) is 13.8. The lowest BCUT2D eigenvalue weighted by Crippen LogP contribution is -2.82. The van der Waals surface area contributed by atoms with E-state index in [0.717, 1.165) is 0 Å². The quantitative estimate of drug-likeness (QED) is 0.118. The number of hydrogen-bond donors (Lipinski definition) is 20. The fourth-order valence-electron chi connectivity index (χ4n) is 0. The Morgan fingerprint density at radius 1 is 0.394 bits per heavy atom. The highest BCUT2D eigenvalue weighted by Gasteiger charge is 2.31. The van der Waals surface area contributed by atoms with Crippen molar-refractivity contribution >= 4 is 9.05 Å². The third kappa shape index (κ3) is 49.5. The Balaban J connectivity index is -0.0000000995. The maximum Gasteiger partial charge on any atom is 0.359 e. The lowest BCUT2D eigenvalue weighted by molar-refractivity contribution is -0.624. The van der Waals surface area contributed by atoms with Gasteiger partial charge in [-0.05, 0) is 0 Å². The molecule has 0 bridgehead atoms. The summed E-state index contributed by atoms with van der Waals surface area (Å²) >= 11 is 0. The van der Waals surface area contributed by atoms with Gasteiger partial charge in [0.1, 0.15) is 0 Å². The molecule has 4 unspecified atom stereocenters. The van der Waals surface area contributed by atoms with Crippen molar-refractivity contribution in [1.29, 1.82) is 0 Å². The van der Waals surface area contributed by atoms with Gasteiger partial charge in [0.05, 0.1) is 0 Å². The Labute approximate surface area is 182 Å². The fraction of sp³-hybridized carbons (Fsp3) is 1.00. The van der Waals surface area contributed by atoms with E-state index in [4.69, 9.17) is 101 Å². The molecule has 0 radical (unpaired) electrons. The van der Waals surface area contributed by atoms with Gasteiger partial charge in [0.2, 0.25) is 0 Å². The summed E-state index contributed by atoms with van der Waals surface area (Å²) in [6.07, 6.45) is -7.14. The van der Waals surface area contributed by atoms with E-state index in [0.29, 0.717) is 0 Å². The van der Waals surface area contributed by atoms with Crippen LogP contribution >= 0.6 is 0 Å². The molecule has 0 spiro atoms. The van der Waals surface area contributed by atoms with Gasteiger partial charge in [0.15, 0.2) is 0 Å². The lowest BCUT2D eigenvalue weighted by Gasteiger charge is -2.67. The summed E-state index contributed by atoms with van der Waals surface area (Å²) in [6.45, 7) is 0. The molecule has 0 aromatic rings. The van der Waals surface area contributed by atoms with Crippen LogP contribution in [-0.2, 0) is 0 Å². The van der Waals surface area contributed by atoms with Crippen LogP contribution in [0.25, 0.3) is 0 Å². The Kier molecular flexibility index (Phi) is 21.6. The minimum Gasteiger partial charge on any atom is -0.894 e. The molecule has 0 amide bonds. The first-order valence-electron chi connectivity index (χ1n) is 7.32. The average Bonchev–Trinajstić information content (AvgIpc) is 2.42. The zero-order valence-electron chi connectivity index (χ0n) is 16.4. The van der Waals surface area contributed by atoms with Crippen LogP contribution in [0.3, 0.4) is 0 Å². The molecule has 0 rings (SSSR count). The van der Waals surface area contributed by atoms with E-state index in [1.807, 2.05) is 0 Å². The largest absolute Gasteiger partial charge is 0.894 e. The molecule has 208 valence electrons. The molecule has 0 aliphatic rings. The summed E-state index contributed by atoms with van der Waals surface area (Å²) < 4.78 is 0. The molecule has 0 aromatic heterocycles. The molecule has 24 nitrogen and oxygen atoms in total. The Morgan fingerprint density at radius 3 is 0.424 bits per heavy atom. The molecule has 0 aliphatic carbocycles. The second-order valence-corrected chi connectivity index (χ2v) is 6.31. The van der Waals surface area contributed by atoms with Crippen LogP contribution in [-0.4, -0.2) is 140 Å². The average molecular weight is 532 g/mol. The molecule has 0 heterocycles. The highest BCUT2D eigenvalue weighted by Crippen LogP contribution is 1.91. The Morgan fingerprint density at radius 2 is 0.424 bits per heavy atom. The van der Waals surface area contributed by atoms with E-state index in [-0.39, 0.29) is 0 Å². The third-order valence-electron chi connectivity index (χ3n) is 1.79. The van der Waals surface area contributed by atoms with Gasteiger partial charge in [0.25, 0.3) is 24.9 Å². The SMILES string of the molecule is [NH3+]C(O)C(O)(O)O.[NH3+]C(O)C(O)(O)O.[NH3+]C(O)C(O)(O)O.[NH3+]C(O)C(O)(O)O.[O-][Si]([O-])([O-])[O-]. The maximum atomic E-state index is 8.58. The zero-order valence-corrected chi connectivity index (χ0v) is 17.4. The van der Waals surface area contributed by atoms with Crippen molar-refractivity contribution in [1.82, 2.24) is 0 Å². The molecule has 4 atom stereocenters. The van der Waals surface area contributed by atoms with Gasteiger partial charge in [-0.1, -0.05) is 0 Å². The van der Waals surface area contributed by atoms with Crippen molar-refractivity contribution in [3.05, 3.63) is 0 Å². The van der Waals surface area contributed by atoms with Crippen LogP contribution in [0.2, 0.25) is 0 Å². The third-order valence-corrected chi connectivity index (χ3v) is 1.79. The van der Waals surface area contributed by atoms with Crippen molar-refractivity contribution in [2.75, 3.05) is 0 Å². The van der Waals surface area contributed by atoms with Crippen molar-refractivity contribution < 1.29 is 124 Å². The van der Waals surface area contributed by atoms with Gasteiger partial charge in [-0.3, -0.25) is 0 Å². The molecule has 0 aromatic carbocycles. The number of aliphatic hydroxyl groups is 16. The molecule has 0 fully saturated rings. The van der Waals surface area contributed by atoms with Crippen molar-refractivity contribution in [2.24, 2.45) is 0 Å². The van der Waals surface area contributed by atoms with Crippen LogP contribution in [0.4, 0.5) is 0 Å². The molecular formula is C8H32N4O20Si. The van der Waals surface area contributed by atoms with Gasteiger partial charge in [-0.25, -0.2) is 0 Å². The van der Waals surface area contributed by atoms with Crippen LogP contribution < -0.4 is 42.1 Å². The Hall–Kier alpha value is -0.743. The Bertz CT molecular complexity index is 367. The van der Waals surface area contributed by atoms with Crippen LogP contribution in [0.15, 0.2) is 0 Å². The van der Waals surface area contributed by atoms with Crippen molar-refractivity contribution in [3.63, 3.8) is 0 Å². The summed E-state index contributed by atoms with van der Waals surface area (Å²) in [4.78, 5) is 34.3. The van der Waals surface area contributed by atoms with Gasteiger partial charge in [-0.2, -0.15) is 0 Å². The van der Waals surface area contributed by atoms with E-state index < -0.39 is 57.9 Å². The summed E-state index contributed by atoms with van der Waals surface area (Å²) in [5.74, 6) is -12.2. The monoisotopic (exact) mass is 532 g/mol. The molecule has 0 saturated heterocycles. The summed E-state index contributed by atoms with van der Waals surface area (Å²) in [5.41, 5.74) is 10.9. The minimum absolute atomic E-state index is 1.78. The second-order valence-electron chi connectivity index (χ2n) is 5.31. The van der Waals surface area contributed by atoms with Gasteiger partial charge in [-0.15, -0.1) is 0 Å². The number of quaternary nitrogens is 4. The molecule has 33 heavy (non-hydrogen) atoms. The van der Waals surface area contributed by atoms with Crippen LogP contribution in [0.5, 0.6) is 0 Å². The highest BCUT2D eigenvalue weighted by atomic mass is 28.4. The van der Waals surface area contributed by atoms with Crippen molar-refractivity contribution in [2.45, 2.75) is 48.8 Å². The fourth-order valence-corrected chi connectivity index (χ4v) is 0. The summed E-state index contributed by atoms with van der Waals surface area (Å²) in [6, 6.07) is 0. The molecule has 25 heteroatoms. The minimum atomic E-state index is -5.61. The van der Waals surface area contributed by atoms with Gasteiger partial charge >= 0.3 is 23.9 Å². The van der Waals surface area contributed by atoms with E-state index in [1.165, 1.54) is 0 Å². The van der Waals surface area contributed by atoms with E-state index in [2.05, 4.69) is 22.9 Å². The van der Waals surface area contributed by atoms with Crippen LogP contribution in [0.1, 0.15) is 0 Å². The number of rotatable bonds is 4. The van der Waals surface area contributed by atoms with Crippen LogP contribution in [0, 0.1) is 0 Å².